The van der Waals surface area contributed by atoms with Crippen molar-refractivity contribution in [2.24, 2.45) is 0 Å². The summed E-state index contributed by atoms with van der Waals surface area (Å²) in [7, 11) is 0. The Morgan fingerprint density at radius 3 is 2.00 bits per heavy atom. The van der Waals surface area contributed by atoms with E-state index in [2.05, 4.69) is 0 Å². The van der Waals surface area contributed by atoms with Gasteiger partial charge in [0.2, 0.25) is 0 Å². The average molecular weight is 204 g/mol. The molecule has 0 radical (unpaired) electrons. The van der Waals surface area contributed by atoms with Crippen LogP contribution in [0.3, 0.4) is 0 Å². The minimum Gasteiger partial charge on any atom is -0.291 e. The van der Waals surface area contributed by atoms with Gasteiger partial charge in [-0.15, -0.1) is 0 Å². The van der Waals surface area contributed by atoms with Gasteiger partial charge in [0, 0.05) is 5.75 Å². The second kappa shape index (κ2) is 7.51. The molecule has 1 rings (SSSR count). The Kier molecular flexibility index (Phi) is 6.46. The van der Waals surface area contributed by atoms with Gasteiger partial charge in [0.1, 0.15) is 0 Å². The third kappa shape index (κ3) is 6.22. The van der Waals surface area contributed by atoms with Gasteiger partial charge in [-0.1, -0.05) is 38.5 Å². The largest absolute Gasteiger partial charge is 0.291 e. The zero-order valence-electron chi connectivity index (χ0n) is 8.30. The van der Waals surface area contributed by atoms with Crippen LogP contribution >= 0.6 is 0 Å². The van der Waals surface area contributed by atoms with Gasteiger partial charge in [0.25, 0.3) is 0 Å². The van der Waals surface area contributed by atoms with Gasteiger partial charge < -0.3 is 0 Å². The molecule has 0 bridgehead atoms. The van der Waals surface area contributed by atoms with E-state index >= 15 is 0 Å². The molecular weight excluding hydrogens is 184 g/mol. The lowest BCUT2D eigenvalue weighted by molar-refractivity contribution is 0.330. The molecule has 1 unspecified atom stereocenters. The lowest BCUT2D eigenvalue weighted by atomic mass is 10.1. The zero-order chi connectivity index (χ0) is 9.36. The van der Waals surface area contributed by atoms with E-state index in [0.717, 1.165) is 18.6 Å². The molecule has 1 fully saturated rings. The molecule has 0 N–H and O–H groups in total. The van der Waals surface area contributed by atoms with Crippen LogP contribution in [0.2, 0.25) is 0 Å². The molecule has 1 heterocycles. The maximum Gasteiger partial charge on any atom is 0.155 e. The molecular formula is C10H20O2S. The normalized spacial score (nSPS) is 28.8. The average Bonchev–Trinajstić information content (AvgIpc) is 2.11. The summed E-state index contributed by atoms with van der Waals surface area (Å²) in [6.45, 7) is 0.687. The summed E-state index contributed by atoms with van der Waals surface area (Å²) in [5, 5.41) is 0. The van der Waals surface area contributed by atoms with Crippen LogP contribution in [0.1, 0.15) is 51.4 Å². The van der Waals surface area contributed by atoms with Crippen molar-refractivity contribution < 1.29 is 8.39 Å². The molecule has 2 nitrogen and oxygen atoms in total. The summed E-state index contributed by atoms with van der Waals surface area (Å²) in [4.78, 5) is 0. The summed E-state index contributed by atoms with van der Waals surface area (Å²) in [5.41, 5.74) is 0. The van der Waals surface area contributed by atoms with E-state index in [4.69, 9.17) is 4.18 Å². The fourth-order valence-corrected chi connectivity index (χ4v) is 2.45. The van der Waals surface area contributed by atoms with Gasteiger partial charge in [-0.3, -0.25) is 4.18 Å². The molecule has 0 spiro atoms. The van der Waals surface area contributed by atoms with E-state index in [1.165, 1.54) is 38.5 Å². The molecule has 3 heteroatoms. The second-order valence-electron chi connectivity index (χ2n) is 3.66. The summed E-state index contributed by atoms with van der Waals surface area (Å²) in [6.07, 6.45) is 9.93. The first-order valence-corrected chi connectivity index (χ1v) is 6.65. The van der Waals surface area contributed by atoms with E-state index in [9.17, 15) is 4.21 Å². The highest BCUT2D eigenvalue weighted by atomic mass is 32.2. The summed E-state index contributed by atoms with van der Waals surface area (Å²) in [5.74, 6) is 0.736. The van der Waals surface area contributed by atoms with Crippen LogP contribution in [-0.2, 0) is 15.3 Å². The lowest BCUT2D eigenvalue weighted by Crippen LogP contribution is -2.04. The monoisotopic (exact) mass is 204 g/mol. The lowest BCUT2D eigenvalue weighted by Gasteiger charge is -2.06. The van der Waals surface area contributed by atoms with Crippen molar-refractivity contribution in [2.45, 2.75) is 51.4 Å². The fourth-order valence-electron chi connectivity index (χ4n) is 1.59. The van der Waals surface area contributed by atoms with E-state index in [1.54, 1.807) is 0 Å². The Bertz CT molecular complexity index is 134. The van der Waals surface area contributed by atoms with Crippen LogP contribution in [0.4, 0.5) is 0 Å². The molecule has 0 saturated carbocycles. The van der Waals surface area contributed by atoms with E-state index in [-0.39, 0.29) is 0 Å². The SMILES string of the molecule is O=S1CCCCCCCCCCO1. The summed E-state index contributed by atoms with van der Waals surface area (Å²) >= 11 is -1.00. The third-order valence-corrected chi connectivity index (χ3v) is 3.47. The smallest absolute Gasteiger partial charge is 0.155 e. The van der Waals surface area contributed by atoms with Gasteiger partial charge in [-0.25, -0.2) is 4.21 Å². The third-order valence-electron chi connectivity index (χ3n) is 2.42. The van der Waals surface area contributed by atoms with Crippen molar-refractivity contribution in [3.63, 3.8) is 0 Å². The molecule has 0 amide bonds. The second-order valence-corrected chi connectivity index (χ2v) is 4.91. The van der Waals surface area contributed by atoms with Crippen molar-refractivity contribution in [3.8, 4) is 0 Å². The van der Waals surface area contributed by atoms with Gasteiger partial charge in [0.05, 0.1) is 6.61 Å². The van der Waals surface area contributed by atoms with Crippen molar-refractivity contribution in [2.75, 3.05) is 12.4 Å². The minimum atomic E-state index is -1.00. The number of hydrogen-bond donors (Lipinski definition) is 0. The Hall–Kier alpha value is 0.110. The highest BCUT2D eigenvalue weighted by Crippen LogP contribution is 2.10. The molecule has 1 saturated heterocycles. The predicted octanol–water partition coefficient (Wildman–Crippen LogP) is 2.80. The van der Waals surface area contributed by atoms with Gasteiger partial charge >= 0.3 is 0 Å². The molecule has 0 aliphatic carbocycles. The molecule has 0 aromatic rings. The van der Waals surface area contributed by atoms with E-state index < -0.39 is 11.1 Å². The Morgan fingerprint density at radius 1 is 0.769 bits per heavy atom. The van der Waals surface area contributed by atoms with Crippen LogP contribution < -0.4 is 0 Å². The molecule has 1 atom stereocenters. The summed E-state index contributed by atoms with van der Waals surface area (Å²) < 4.78 is 16.4. The van der Waals surface area contributed by atoms with Crippen molar-refractivity contribution in [1.29, 1.82) is 0 Å². The van der Waals surface area contributed by atoms with Crippen molar-refractivity contribution in [3.05, 3.63) is 0 Å². The fraction of sp³-hybridized carbons (Fsp3) is 1.00. The molecule has 0 aromatic heterocycles. The van der Waals surface area contributed by atoms with E-state index in [1.807, 2.05) is 0 Å². The Morgan fingerprint density at radius 2 is 1.31 bits per heavy atom. The van der Waals surface area contributed by atoms with Crippen LogP contribution in [0.15, 0.2) is 0 Å². The zero-order valence-corrected chi connectivity index (χ0v) is 9.11. The maximum absolute atomic E-state index is 11.2. The van der Waals surface area contributed by atoms with Gasteiger partial charge in [0.15, 0.2) is 11.1 Å². The topological polar surface area (TPSA) is 26.3 Å². The van der Waals surface area contributed by atoms with Gasteiger partial charge in [-0.2, -0.15) is 0 Å². The van der Waals surface area contributed by atoms with Crippen molar-refractivity contribution in [1.82, 2.24) is 0 Å². The molecule has 13 heavy (non-hydrogen) atoms. The highest BCUT2D eigenvalue weighted by molar-refractivity contribution is 7.80. The van der Waals surface area contributed by atoms with Crippen LogP contribution in [-0.4, -0.2) is 16.6 Å². The Balaban J connectivity index is 2.14. The minimum absolute atomic E-state index is 0.687. The standard InChI is InChI=1S/C10H20O2S/c11-13-10-8-6-4-2-1-3-5-7-9-12-13/h1-10H2. The molecule has 78 valence electrons. The summed E-state index contributed by atoms with van der Waals surface area (Å²) in [6, 6.07) is 0. The highest BCUT2D eigenvalue weighted by Gasteiger charge is 2.01. The van der Waals surface area contributed by atoms with Crippen LogP contribution in [0.5, 0.6) is 0 Å². The predicted molar refractivity (Wildman–Crippen MR) is 55.9 cm³/mol. The quantitative estimate of drug-likeness (QED) is 0.606. The molecule has 1 aliphatic heterocycles. The first kappa shape index (κ1) is 11.2. The molecule has 1 aliphatic rings. The first-order chi connectivity index (χ1) is 6.39. The molecule has 0 aromatic carbocycles. The van der Waals surface area contributed by atoms with E-state index in [0.29, 0.717) is 6.61 Å². The van der Waals surface area contributed by atoms with Crippen molar-refractivity contribution >= 4 is 11.1 Å². The Labute approximate surface area is 83.7 Å². The van der Waals surface area contributed by atoms with Crippen LogP contribution in [0.25, 0.3) is 0 Å². The first-order valence-electron chi connectivity index (χ1n) is 5.41. The number of hydrogen-bond acceptors (Lipinski definition) is 2. The number of rotatable bonds is 0. The maximum atomic E-state index is 11.2. The van der Waals surface area contributed by atoms with Gasteiger partial charge in [-0.05, 0) is 12.8 Å². The van der Waals surface area contributed by atoms with Crippen LogP contribution in [0, 0.1) is 0 Å².